The van der Waals surface area contributed by atoms with Crippen molar-refractivity contribution in [2.24, 2.45) is 5.41 Å². The Morgan fingerprint density at radius 3 is 2.87 bits per heavy atom. The number of aromatic nitrogens is 2. The average Bonchev–Trinajstić information content (AvgIpc) is 2.91. The molecule has 2 rings (SSSR count). The van der Waals surface area contributed by atoms with Gasteiger partial charge >= 0.3 is 0 Å². The van der Waals surface area contributed by atoms with Gasteiger partial charge in [0.1, 0.15) is 0 Å². The van der Waals surface area contributed by atoms with Crippen LogP contribution in [-0.4, -0.2) is 22.6 Å². The fourth-order valence-electron chi connectivity index (χ4n) is 1.77. The predicted octanol–water partition coefficient (Wildman–Crippen LogP) is 1.64. The summed E-state index contributed by atoms with van der Waals surface area (Å²) in [6, 6.07) is 0. The Kier molecular flexibility index (Phi) is 2.50. The van der Waals surface area contributed by atoms with Crippen molar-refractivity contribution in [2.75, 3.05) is 6.54 Å². The van der Waals surface area contributed by atoms with Crippen molar-refractivity contribution >= 4 is 5.91 Å². The predicted molar refractivity (Wildman–Crippen MR) is 57.6 cm³/mol. The van der Waals surface area contributed by atoms with Crippen LogP contribution in [0.5, 0.6) is 0 Å². The van der Waals surface area contributed by atoms with Gasteiger partial charge in [-0.25, -0.2) is 0 Å². The lowest BCUT2D eigenvalue weighted by Gasteiger charge is -2.12. The summed E-state index contributed by atoms with van der Waals surface area (Å²) in [7, 11) is 0. The van der Waals surface area contributed by atoms with Crippen molar-refractivity contribution in [3.05, 3.63) is 17.5 Å². The minimum atomic E-state index is -0.0130. The molecule has 4 heteroatoms. The molecule has 4 nitrogen and oxygen atoms in total. The molecule has 1 aliphatic carbocycles. The molecule has 15 heavy (non-hydrogen) atoms. The number of hydrogen-bond donors (Lipinski definition) is 2. The van der Waals surface area contributed by atoms with Gasteiger partial charge in [0.05, 0.1) is 11.8 Å². The van der Waals surface area contributed by atoms with E-state index in [0.717, 1.165) is 18.7 Å². The van der Waals surface area contributed by atoms with Crippen molar-refractivity contribution in [3.8, 4) is 0 Å². The minimum Gasteiger partial charge on any atom is -0.351 e. The van der Waals surface area contributed by atoms with Gasteiger partial charge in [-0.1, -0.05) is 6.92 Å². The highest BCUT2D eigenvalue weighted by Gasteiger charge is 2.40. The second kappa shape index (κ2) is 3.68. The first-order valence-electron chi connectivity index (χ1n) is 5.45. The zero-order chi connectivity index (χ0) is 10.9. The maximum Gasteiger partial charge on any atom is 0.254 e. The molecule has 1 heterocycles. The lowest BCUT2D eigenvalue weighted by Crippen LogP contribution is -2.30. The molecule has 1 amide bonds. The van der Waals surface area contributed by atoms with Crippen LogP contribution in [0.3, 0.4) is 0 Å². The first-order chi connectivity index (χ1) is 7.17. The lowest BCUT2D eigenvalue weighted by molar-refractivity contribution is 0.0944. The van der Waals surface area contributed by atoms with Crippen LogP contribution in [0.15, 0.2) is 6.20 Å². The number of H-pyrrole nitrogens is 1. The zero-order valence-corrected chi connectivity index (χ0v) is 9.26. The molecule has 0 bridgehead atoms. The van der Waals surface area contributed by atoms with Crippen LogP contribution in [0.2, 0.25) is 0 Å². The standard InChI is InChI=1S/C11H17N3O/c1-3-11(4-5-11)7-12-10(15)9-6-13-14-8(9)2/h6H,3-5,7H2,1-2H3,(H,12,15)(H,13,14). The van der Waals surface area contributed by atoms with E-state index >= 15 is 0 Å². The molecule has 0 aliphatic heterocycles. The summed E-state index contributed by atoms with van der Waals surface area (Å²) in [6.45, 7) is 4.84. The molecule has 0 spiro atoms. The van der Waals surface area contributed by atoms with E-state index in [0.29, 0.717) is 11.0 Å². The van der Waals surface area contributed by atoms with Crippen molar-refractivity contribution in [1.29, 1.82) is 0 Å². The number of nitrogens with one attached hydrogen (secondary N) is 2. The summed E-state index contributed by atoms with van der Waals surface area (Å²) in [4.78, 5) is 11.7. The smallest absolute Gasteiger partial charge is 0.254 e. The van der Waals surface area contributed by atoms with Crippen LogP contribution in [0.25, 0.3) is 0 Å². The van der Waals surface area contributed by atoms with Crippen molar-refractivity contribution in [1.82, 2.24) is 15.5 Å². The summed E-state index contributed by atoms with van der Waals surface area (Å²) in [6.07, 6.45) is 5.22. The molecule has 82 valence electrons. The second-order valence-electron chi connectivity index (χ2n) is 4.44. The monoisotopic (exact) mass is 207 g/mol. The fourth-order valence-corrected chi connectivity index (χ4v) is 1.77. The molecule has 0 atom stereocenters. The minimum absolute atomic E-state index is 0.0130. The summed E-state index contributed by atoms with van der Waals surface area (Å²) in [5.41, 5.74) is 1.88. The molecule has 1 fully saturated rings. The van der Waals surface area contributed by atoms with Gasteiger partial charge in [0.25, 0.3) is 5.91 Å². The van der Waals surface area contributed by atoms with E-state index in [-0.39, 0.29) is 5.91 Å². The molecule has 0 saturated heterocycles. The molecule has 1 aromatic rings. The van der Waals surface area contributed by atoms with E-state index < -0.39 is 0 Å². The molecule has 2 N–H and O–H groups in total. The van der Waals surface area contributed by atoms with E-state index in [1.165, 1.54) is 12.8 Å². The maximum atomic E-state index is 11.7. The summed E-state index contributed by atoms with van der Waals surface area (Å²) >= 11 is 0. The maximum absolute atomic E-state index is 11.7. The zero-order valence-electron chi connectivity index (χ0n) is 9.26. The number of carbonyl (C=O) groups is 1. The van der Waals surface area contributed by atoms with Crippen molar-refractivity contribution < 1.29 is 4.79 Å². The van der Waals surface area contributed by atoms with Gasteiger partial charge in [-0.05, 0) is 31.6 Å². The third-order valence-electron chi connectivity index (χ3n) is 3.41. The van der Waals surface area contributed by atoms with Crippen LogP contribution in [0, 0.1) is 12.3 Å². The fraction of sp³-hybridized carbons (Fsp3) is 0.636. The average molecular weight is 207 g/mol. The Labute approximate surface area is 89.5 Å². The lowest BCUT2D eigenvalue weighted by atomic mass is 10.0. The third-order valence-corrected chi connectivity index (χ3v) is 3.41. The molecule has 0 unspecified atom stereocenters. The highest BCUT2D eigenvalue weighted by molar-refractivity contribution is 5.94. The Morgan fingerprint density at radius 2 is 2.40 bits per heavy atom. The Morgan fingerprint density at radius 1 is 1.67 bits per heavy atom. The summed E-state index contributed by atoms with van der Waals surface area (Å²) in [5, 5.41) is 9.58. The molecular weight excluding hydrogens is 190 g/mol. The highest BCUT2D eigenvalue weighted by atomic mass is 16.1. The first-order valence-corrected chi connectivity index (χ1v) is 5.45. The van der Waals surface area contributed by atoms with Crippen molar-refractivity contribution in [2.45, 2.75) is 33.1 Å². The molecule has 1 aliphatic rings. The van der Waals surface area contributed by atoms with Gasteiger partial charge in [0.15, 0.2) is 0 Å². The largest absolute Gasteiger partial charge is 0.351 e. The quantitative estimate of drug-likeness (QED) is 0.788. The number of aromatic amines is 1. The van der Waals surface area contributed by atoms with Gasteiger partial charge in [-0.2, -0.15) is 5.10 Å². The van der Waals surface area contributed by atoms with Crippen molar-refractivity contribution in [3.63, 3.8) is 0 Å². The van der Waals surface area contributed by atoms with Crippen LogP contribution < -0.4 is 5.32 Å². The third kappa shape index (κ3) is 2.03. The van der Waals surface area contributed by atoms with E-state index in [9.17, 15) is 4.79 Å². The number of hydrogen-bond acceptors (Lipinski definition) is 2. The van der Waals surface area contributed by atoms with Crippen LogP contribution in [0.1, 0.15) is 42.2 Å². The van der Waals surface area contributed by atoms with Gasteiger partial charge in [0, 0.05) is 12.2 Å². The topological polar surface area (TPSA) is 57.8 Å². The molecule has 0 radical (unpaired) electrons. The Bertz CT molecular complexity index is 366. The number of rotatable bonds is 4. The highest BCUT2D eigenvalue weighted by Crippen LogP contribution is 2.47. The van der Waals surface area contributed by atoms with Crippen LogP contribution >= 0.6 is 0 Å². The van der Waals surface area contributed by atoms with Gasteiger partial charge in [-0.15, -0.1) is 0 Å². The first kappa shape index (κ1) is 10.2. The van der Waals surface area contributed by atoms with E-state index in [2.05, 4.69) is 22.4 Å². The SMILES string of the molecule is CCC1(CNC(=O)c2cn[nH]c2C)CC1. The van der Waals surface area contributed by atoms with Gasteiger partial charge in [-0.3, -0.25) is 9.89 Å². The molecular formula is C11H17N3O. The second-order valence-corrected chi connectivity index (χ2v) is 4.44. The van der Waals surface area contributed by atoms with Gasteiger partial charge in [0.2, 0.25) is 0 Å². The van der Waals surface area contributed by atoms with Crippen LogP contribution in [-0.2, 0) is 0 Å². The Balaban J connectivity index is 1.91. The molecule has 1 aromatic heterocycles. The summed E-state index contributed by atoms with van der Waals surface area (Å²) in [5.74, 6) is -0.0130. The summed E-state index contributed by atoms with van der Waals surface area (Å²) < 4.78 is 0. The van der Waals surface area contributed by atoms with E-state index in [1.54, 1.807) is 6.20 Å². The normalized spacial score (nSPS) is 17.5. The van der Waals surface area contributed by atoms with Gasteiger partial charge < -0.3 is 5.32 Å². The van der Waals surface area contributed by atoms with E-state index in [4.69, 9.17) is 0 Å². The number of nitrogens with zero attached hydrogens (tertiary/aromatic N) is 1. The number of carbonyl (C=O) groups excluding carboxylic acids is 1. The molecule has 0 aromatic carbocycles. The number of amides is 1. The van der Waals surface area contributed by atoms with Crippen LogP contribution in [0.4, 0.5) is 0 Å². The van der Waals surface area contributed by atoms with E-state index in [1.807, 2.05) is 6.92 Å². The molecule has 1 saturated carbocycles. The number of aryl methyl sites for hydroxylation is 1. The Hall–Kier alpha value is -1.32.